The highest BCUT2D eigenvalue weighted by atomic mass is 15.4. The first-order valence-corrected chi connectivity index (χ1v) is 7.60. The number of nitrogens with one attached hydrogen (secondary N) is 2. The summed E-state index contributed by atoms with van der Waals surface area (Å²) in [4.78, 5) is 11.2. The van der Waals surface area contributed by atoms with Gasteiger partial charge in [-0.1, -0.05) is 17.2 Å². The van der Waals surface area contributed by atoms with Crippen molar-refractivity contribution in [2.45, 2.75) is 13.8 Å². The van der Waals surface area contributed by atoms with Gasteiger partial charge in [0.15, 0.2) is 5.82 Å². The van der Waals surface area contributed by atoms with E-state index in [1.54, 1.807) is 29.9 Å². The predicted molar refractivity (Wildman–Crippen MR) is 96.7 cm³/mol. The maximum Gasteiger partial charge on any atom is 0.161 e. The molecule has 0 fully saturated rings. The van der Waals surface area contributed by atoms with Crippen LogP contribution in [0.4, 0.5) is 23.0 Å². The van der Waals surface area contributed by atoms with Crippen molar-refractivity contribution in [1.29, 1.82) is 0 Å². The van der Waals surface area contributed by atoms with Crippen LogP contribution in [0.15, 0.2) is 41.8 Å². The molecule has 9 heteroatoms. The average Bonchev–Trinajstić information content (AvgIpc) is 2.98. The number of nitrogens with zero attached hydrogens (tertiary/aromatic N) is 7. The van der Waals surface area contributed by atoms with E-state index in [-0.39, 0.29) is 0 Å². The van der Waals surface area contributed by atoms with Gasteiger partial charge in [0.2, 0.25) is 0 Å². The lowest BCUT2D eigenvalue weighted by Gasteiger charge is -2.12. The monoisotopic (exact) mass is 335 g/mol. The first-order valence-electron chi connectivity index (χ1n) is 7.60. The van der Waals surface area contributed by atoms with Gasteiger partial charge in [0.05, 0.1) is 5.69 Å². The molecule has 2 aromatic heterocycles. The number of hydrogen-bond acceptors (Lipinski definition) is 6. The zero-order chi connectivity index (χ0) is 17.8. The van der Waals surface area contributed by atoms with E-state index in [4.69, 9.17) is 5.53 Å². The second-order valence-corrected chi connectivity index (χ2v) is 5.41. The molecule has 0 spiro atoms. The molecule has 0 unspecified atom stereocenters. The van der Waals surface area contributed by atoms with Gasteiger partial charge in [-0.3, -0.25) is 0 Å². The van der Waals surface area contributed by atoms with E-state index in [0.29, 0.717) is 17.3 Å². The van der Waals surface area contributed by atoms with Crippen LogP contribution in [0.5, 0.6) is 0 Å². The first-order chi connectivity index (χ1) is 12.1. The fourth-order valence-corrected chi connectivity index (χ4v) is 2.36. The van der Waals surface area contributed by atoms with Gasteiger partial charge >= 0.3 is 0 Å². The highest BCUT2D eigenvalue weighted by Crippen LogP contribution is 2.27. The molecule has 0 aliphatic carbocycles. The number of rotatable bonds is 5. The molecule has 0 aliphatic heterocycles. The van der Waals surface area contributed by atoms with Crippen LogP contribution >= 0.6 is 0 Å². The number of benzene rings is 1. The standard InChI is InChI=1S/C16H17N9/c1-10-4-5-12(22-24-17)7-13(10)21-16-6-11(2)23-25(16)15-8-14(18-3)19-9-20-15/h4-9,21H,1-3H3,(H,18,19,20). The van der Waals surface area contributed by atoms with Crippen molar-refractivity contribution < 1.29 is 0 Å². The van der Waals surface area contributed by atoms with Crippen molar-refractivity contribution in [2.24, 2.45) is 5.11 Å². The normalized spacial score (nSPS) is 10.2. The van der Waals surface area contributed by atoms with Gasteiger partial charge in [-0.2, -0.15) is 9.78 Å². The van der Waals surface area contributed by atoms with Crippen LogP contribution < -0.4 is 10.6 Å². The second kappa shape index (κ2) is 6.90. The van der Waals surface area contributed by atoms with Gasteiger partial charge in [-0.05, 0) is 31.0 Å². The summed E-state index contributed by atoms with van der Waals surface area (Å²) in [6.45, 7) is 3.88. The molecule has 0 radical (unpaired) electrons. The van der Waals surface area contributed by atoms with Crippen LogP contribution in [0.3, 0.4) is 0 Å². The van der Waals surface area contributed by atoms with Crippen LogP contribution in [0.2, 0.25) is 0 Å². The van der Waals surface area contributed by atoms with Crippen LogP contribution in [0.1, 0.15) is 11.3 Å². The summed E-state index contributed by atoms with van der Waals surface area (Å²) in [5.41, 5.74) is 11.8. The maximum absolute atomic E-state index is 8.62. The smallest absolute Gasteiger partial charge is 0.161 e. The third kappa shape index (κ3) is 3.51. The molecule has 25 heavy (non-hydrogen) atoms. The van der Waals surface area contributed by atoms with Crippen LogP contribution in [0.25, 0.3) is 16.3 Å². The fourth-order valence-electron chi connectivity index (χ4n) is 2.36. The van der Waals surface area contributed by atoms with Crippen LogP contribution in [-0.2, 0) is 0 Å². The molecule has 1 aromatic carbocycles. The first kappa shape index (κ1) is 16.3. The number of hydrogen-bond donors (Lipinski definition) is 2. The molecule has 2 heterocycles. The Morgan fingerprint density at radius 3 is 2.76 bits per heavy atom. The molecule has 9 nitrogen and oxygen atoms in total. The lowest BCUT2D eigenvalue weighted by molar-refractivity contribution is 0.833. The van der Waals surface area contributed by atoms with E-state index in [2.05, 4.69) is 35.7 Å². The second-order valence-electron chi connectivity index (χ2n) is 5.41. The SMILES string of the molecule is CNc1cc(-n2nc(C)cc2Nc2cc(N=[N+]=[N-])ccc2C)ncn1. The van der Waals surface area contributed by atoms with Gasteiger partial charge in [0.25, 0.3) is 0 Å². The van der Waals surface area contributed by atoms with Crippen LogP contribution in [0, 0.1) is 13.8 Å². The Morgan fingerprint density at radius 2 is 2.00 bits per heavy atom. The Kier molecular flexibility index (Phi) is 4.49. The Labute approximate surface area is 144 Å². The summed E-state index contributed by atoms with van der Waals surface area (Å²) < 4.78 is 1.71. The zero-order valence-corrected chi connectivity index (χ0v) is 14.1. The number of anilines is 3. The summed E-state index contributed by atoms with van der Waals surface area (Å²) in [6.07, 6.45) is 1.48. The fraction of sp³-hybridized carbons (Fsp3) is 0.188. The summed E-state index contributed by atoms with van der Waals surface area (Å²) in [7, 11) is 1.80. The van der Waals surface area contributed by atoms with Crippen molar-refractivity contribution >= 4 is 23.0 Å². The molecular formula is C16H17N9. The van der Waals surface area contributed by atoms with Gasteiger partial charge < -0.3 is 10.6 Å². The maximum atomic E-state index is 8.62. The third-order valence-electron chi connectivity index (χ3n) is 3.60. The molecule has 2 N–H and O–H groups in total. The van der Waals surface area contributed by atoms with Crippen molar-refractivity contribution in [3.63, 3.8) is 0 Å². The highest BCUT2D eigenvalue weighted by Gasteiger charge is 2.11. The minimum atomic E-state index is 0.540. The molecule has 3 aromatic rings. The Hall–Kier alpha value is -3.58. The number of aryl methyl sites for hydroxylation is 2. The summed E-state index contributed by atoms with van der Waals surface area (Å²) >= 11 is 0. The molecule has 126 valence electrons. The molecule has 0 saturated heterocycles. The quantitative estimate of drug-likeness (QED) is 0.415. The lowest BCUT2D eigenvalue weighted by atomic mass is 10.2. The van der Waals surface area contributed by atoms with Crippen molar-refractivity contribution in [3.05, 3.63) is 58.4 Å². The molecule has 0 atom stereocenters. The van der Waals surface area contributed by atoms with E-state index < -0.39 is 0 Å². The zero-order valence-electron chi connectivity index (χ0n) is 14.1. The molecule has 0 amide bonds. The topological polar surface area (TPSA) is 116 Å². The highest BCUT2D eigenvalue weighted by molar-refractivity contribution is 5.66. The Morgan fingerprint density at radius 1 is 1.16 bits per heavy atom. The van der Waals surface area contributed by atoms with Gasteiger partial charge in [-0.25, -0.2) is 9.97 Å². The van der Waals surface area contributed by atoms with Gasteiger partial charge in [0.1, 0.15) is 18.0 Å². The van der Waals surface area contributed by atoms with Crippen molar-refractivity contribution in [1.82, 2.24) is 19.7 Å². The van der Waals surface area contributed by atoms with Crippen molar-refractivity contribution in [3.8, 4) is 5.82 Å². The van der Waals surface area contributed by atoms with E-state index in [1.807, 2.05) is 26.0 Å². The minimum Gasteiger partial charge on any atom is -0.373 e. The molecule has 0 bridgehead atoms. The Bertz CT molecular complexity index is 954. The summed E-state index contributed by atoms with van der Waals surface area (Å²) in [6, 6.07) is 9.18. The molecular weight excluding hydrogens is 318 g/mol. The summed E-state index contributed by atoms with van der Waals surface area (Å²) in [5.74, 6) is 2.09. The molecule has 3 rings (SSSR count). The number of azide groups is 1. The van der Waals surface area contributed by atoms with E-state index in [9.17, 15) is 0 Å². The minimum absolute atomic E-state index is 0.540. The van der Waals surface area contributed by atoms with Crippen LogP contribution in [-0.4, -0.2) is 26.8 Å². The molecule has 0 aliphatic rings. The van der Waals surface area contributed by atoms with E-state index in [1.165, 1.54) is 6.33 Å². The van der Waals surface area contributed by atoms with Crippen molar-refractivity contribution in [2.75, 3.05) is 17.7 Å². The Balaban J connectivity index is 2.02. The average molecular weight is 335 g/mol. The van der Waals surface area contributed by atoms with E-state index >= 15 is 0 Å². The number of aromatic nitrogens is 4. The van der Waals surface area contributed by atoms with Gasteiger partial charge in [-0.15, -0.1) is 0 Å². The lowest BCUT2D eigenvalue weighted by Crippen LogP contribution is -2.06. The predicted octanol–water partition coefficient (Wildman–Crippen LogP) is 4.01. The molecule has 0 saturated carbocycles. The van der Waals surface area contributed by atoms with E-state index in [0.717, 1.165) is 22.8 Å². The third-order valence-corrected chi connectivity index (χ3v) is 3.60. The largest absolute Gasteiger partial charge is 0.373 e. The van der Waals surface area contributed by atoms with Gasteiger partial charge in [0, 0.05) is 35.5 Å². The summed E-state index contributed by atoms with van der Waals surface area (Å²) in [5, 5.41) is 14.5.